The standard InChI is InChI=1S/C16H26N2O2/c1-12(17)16(14-7-3-4-8-15(14)20-2)18-9-5-6-13(10-18)11-19/h3-4,7-8,12-13,16,19H,5-6,9-11,17H2,1-2H3. The van der Waals surface area contributed by atoms with Gasteiger partial charge in [-0.15, -0.1) is 0 Å². The summed E-state index contributed by atoms with van der Waals surface area (Å²) in [6.45, 7) is 4.23. The Morgan fingerprint density at radius 2 is 2.20 bits per heavy atom. The van der Waals surface area contributed by atoms with Crippen LogP contribution in [0.2, 0.25) is 0 Å². The molecule has 1 heterocycles. The third kappa shape index (κ3) is 3.32. The molecule has 20 heavy (non-hydrogen) atoms. The van der Waals surface area contributed by atoms with Gasteiger partial charge in [-0.25, -0.2) is 0 Å². The molecule has 1 aromatic carbocycles. The molecule has 2 rings (SSSR count). The molecule has 3 unspecified atom stereocenters. The molecule has 0 radical (unpaired) electrons. The number of piperidine rings is 1. The van der Waals surface area contributed by atoms with Gasteiger partial charge in [0.1, 0.15) is 5.75 Å². The van der Waals surface area contributed by atoms with Crippen LogP contribution in [0.5, 0.6) is 5.75 Å². The zero-order chi connectivity index (χ0) is 14.5. The van der Waals surface area contributed by atoms with Crippen LogP contribution < -0.4 is 10.5 Å². The maximum absolute atomic E-state index is 9.42. The van der Waals surface area contributed by atoms with Gasteiger partial charge in [-0.1, -0.05) is 18.2 Å². The van der Waals surface area contributed by atoms with Crippen molar-refractivity contribution in [1.82, 2.24) is 4.90 Å². The summed E-state index contributed by atoms with van der Waals surface area (Å²) in [7, 11) is 1.70. The summed E-state index contributed by atoms with van der Waals surface area (Å²) in [5.74, 6) is 1.25. The van der Waals surface area contributed by atoms with Crippen molar-refractivity contribution in [2.45, 2.75) is 31.8 Å². The highest BCUT2D eigenvalue weighted by Crippen LogP contribution is 2.33. The smallest absolute Gasteiger partial charge is 0.123 e. The zero-order valence-electron chi connectivity index (χ0n) is 12.5. The molecule has 0 amide bonds. The lowest BCUT2D eigenvalue weighted by molar-refractivity contribution is 0.0782. The van der Waals surface area contributed by atoms with E-state index in [0.717, 1.165) is 37.2 Å². The summed E-state index contributed by atoms with van der Waals surface area (Å²) in [4.78, 5) is 2.40. The van der Waals surface area contributed by atoms with Crippen molar-refractivity contribution >= 4 is 0 Å². The van der Waals surface area contributed by atoms with Crippen molar-refractivity contribution in [2.75, 3.05) is 26.8 Å². The molecule has 0 aromatic heterocycles. The summed E-state index contributed by atoms with van der Waals surface area (Å²) >= 11 is 0. The fourth-order valence-corrected chi connectivity index (χ4v) is 3.22. The Labute approximate surface area is 121 Å². The summed E-state index contributed by atoms with van der Waals surface area (Å²) in [6, 6.07) is 8.24. The van der Waals surface area contributed by atoms with Gasteiger partial charge in [0.05, 0.1) is 13.2 Å². The number of benzene rings is 1. The van der Waals surface area contributed by atoms with E-state index in [1.165, 1.54) is 0 Å². The first-order chi connectivity index (χ1) is 9.67. The van der Waals surface area contributed by atoms with Crippen LogP contribution in [0.3, 0.4) is 0 Å². The second kappa shape index (κ2) is 7.07. The van der Waals surface area contributed by atoms with Crippen molar-refractivity contribution in [1.29, 1.82) is 0 Å². The van der Waals surface area contributed by atoms with Gasteiger partial charge in [-0.3, -0.25) is 4.90 Å². The van der Waals surface area contributed by atoms with Gasteiger partial charge in [0.25, 0.3) is 0 Å². The van der Waals surface area contributed by atoms with Gasteiger partial charge < -0.3 is 15.6 Å². The number of hydrogen-bond donors (Lipinski definition) is 2. The van der Waals surface area contributed by atoms with Gasteiger partial charge >= 0.3 is 0 Å². The molecular weight excluding hydrogens is 252 g/mol. The molecule has 4 heteroatoms. The first-order valence-corrected chi connectivity index (χ1v) is 7.40. The molecule has 0 spiro atoms. The molecular formula is C16H26N2O2. The van der Waals surface area contributed by atoms with E-state index in [1.807, 2.05) is 25.1 Å². The molecule has 0 aliphatic carbocycles. The normalized spacial score (nSPS) is 23.3. The number of likely N-dealkylation sites (tertiary alicyclic amines) is 1. The topological polar surface area (TPSA) is 58.7 Å². The van der Waals surface area contributed by atoms with Crippen LogP contribution in [0.15, 0.2) is 24.3 Å². The molecule has 3 N–H and O–H groups in total. The minimum absolute atomic E-state index is 0.0174. The van der Waals surface area contributed by atoms with Crippen LogP contribution in [-0.2, 0) is 0 Å². The molecule has 0 saturated carbocycles. The number of ether oxygens (including phenoxy) is 1. The second-order valence-corrected chi connectivity index (χ2v) is 5.73. The number of nitrogens with two attached hydrogens (primary N) is 1. The van der Waals surface area contributed by atoms with Crippen LogP contribution >= 0.6 is 0 Å². The van der Waals surface area contributed by atoms with Gasteiger partial charge in [-0.05, 0) is 38.3 Å². The highest BCUT2D eigenvalue weighted by Gasteiger charge is 2.30. The fourth-order valence-electron chi connectivity index (χ4n) is 3.22. The van der Waals surface area contributed by atoms with Crippen molar-refractivity contribution in [3.05, 3.63) is 29.8 Å². The largest absolute Gasteiger partial charge is 0.496 e. The first kappa shape index (κ1) is 15.3. The third-order valence-corrected chi connectivity index (χ3v) is 4.16. The summed E-state index contributed by atoms with van der Waals surface area (Å²) in [5, 5.41) is 9.42. The lowest BCUT2D eigenvalue weighted by Gasteiger charge is -2.40. The minimum atomic E-state index is 0.0174. The van der Waals surface area contributed by atoms with E-state index < -0.39 is 0 Å². The molecule has 4 nitrogen and oxygen atoms in total. The Kier molecular flexibility index (Phi) is 5.40. The quantitative estimate of drug-likeness (QED) is 0.862. The number of para-hydroxylation sites is 1. The third-order valence-electron chi connectivity index (χ3n) is 4.16. The fraction of sp³-hybridized carbons (Fsp3) is 0.625. The van der Waals surface area contributed by atoms with Crippen molar-refractivity contribution in [3.63, 3.8) is 0 Å². The zero-order valence-corrected chi connectivity index (χ0v) is 12.5. The van der Waals surface area contributed by atoms with Crippen LogP contribution in [0.25, 0.3) is 0 Å². The van der Waals surface area contributed by atoms with Crippen molar-refractivity contribution < 1.29 is 9.84 Å². The summed E-state index contributed by atoms with van der Waals surface area (Å²) < 4.78 is 5.49. The Bertz CT molecular complexity index is 423. The van der Waals surface area contributed by atoms with E-state index in [1.54, 1.807) is 7.11 Å². The number of hydrogen-bond acceptors (Lipinski definition) is 4. The number of nitrogens with zero attached hydrogens (tertiary/aromatic N) is 1. The van der Waals surface area contributed by atoms with Gasteiger partial charge in [0.2, 0.25) is 0 Å². The van der Waals surface area contributed by atoms with Crippen molar-refractivity contribution in [2.24, 2.45) is 11.7 Å². The molecule has 0 bridgehead atoms. The molecule has 1 aliphatic rings. The van der Waals surface area contributed by atoms with Crippen LogP contribution in [0, 0.1) is 5.92 Å². The monoisotopic (exact) mass is 278 g/mol. The van der Waals surface area contributed by atoms with Gasteiger partial charge in [0, 0.05) is 24.8 Å². The van der Waals surface area contributed by atoms with Gasteiger partial charge in [-0.2, -0.15) is 0 Å². The maximum Gasteiger partial charge on any atom is 0.123 e. The first-order valence-electron chi connectivity index (χ1n) is 7.40. The van der Waals surface area contributed by atoms with E-state index in [0.29, 0.717) is 5.92 Å². The molecule has 1 aliphatic heterocycles. The van der Waals surface area contributed by atoms with Gasteiger partial charge in [0.15, 0.2) is 0 Å². The molecule has 112 valence electrons. The summed E-state index contributed by atoms with van der Waals surface area (Å²) in [6.07, 6.45) is 2.22. The van der Waals surface area contributed by atoms with E-state index in [4.69, 9.17) is 10.5 Å². The highest BCUT2D eigenvalue weighted by molar-refractivity contribution is 5.36. The Morgan fingerprint density at radius 1 is 1.45 bits per heavy atom. The molecule has 1 aromatic rings. The van der Waals surface area contributed by atoms with E-state index in [-0.39, 0.29) is 18.7 Å². The summed E-state index contributed by atoms with van der Waals surface area (Å²) in [5.41, 5.74) is 7.39. The lowest BCUT2D eigenvalue weighted by Crippen LogP contribution is -2.45. The minimum Gasteiger partial charge on any atom is -0.496 e. The van der Waals surface area contributed by atoms with E-state index in [9.17, 15) is 5.11 Å². The average molecular weight is 278 g/mol. The number of aliphatic hydroxyl groups is 1. The molecule has 3 atom stereocenters. The molecule has 1 fully saturated rings. The predicted molar refractivity (Wildman–Crippen MR) is 80.8 cm³/mol. The lowest BCUT2D eigenvalue weighted by atomic mass is 9.92. The van der Waals surface area contributed by atoms with Crippen LogP contribution in [0.1, 0.15) is 31.4 Å². The Balaban J connectivity index is 2.26. The van der Waals surface area contributed by atoms with Crippen LogP contribution in [-0.4, -0.2) is 42.9 Å². The maximum atomic E-state index is 9.42. The number of aliphatic hydroxyl groups excluding tert-OH is 1. The number of methoxy groups -OCH3 is 1. The second-order valence-electron chi connectivity index (χ2n) is 5.73. The predicted octanol–water partition coefficient (Wildman–Crippen LogP) is 1.79. The Hall–Kier alpha value is -1.10. The Morgan fingerprint density at radius 3 is 2.85 bits per heavy atom. The number of rotatable bonds is 5. The highest BCUT2D eigenvalue weighted by atomic mass is 16.5. The average Bonchev–Trinajstić information content (AvgIpc) is 2.48. The van der Waals surface area contributed by atoms with E-state index in [2.05, 4.69) is 11.0 Å². The molecule has 1 saturated heterocycles. The van der Waals surface area contributed by atoms with E-state index >= 15 is 0 Å². The van der Waals surface area contributed by atoms with Crippen molar-refractivity contribution in [3.8, 4) is 5.75 Å². The van der Waals surface area contributed by atoms with Crippen LogP contribution in [0.4, 0.5) is 0 Å². The SMILES string of the molecule is COc1ccccc1C(C(C)N)N1CCCC(CO)C1.